The van der Waals surface area contributed by atoms with Crippen molar-refractivity contribution in [3.8, 4) is 0 Å². The van der Waals surface area contributed by atoms with Crippen molar-refractivity contribution >= 4 is 39.0 Å². The molecule has 7 nitrogen and oxygen atoms in total. The first-order chi connectivity index (χ1) is 13.0. The second-order valence-electron chi connectivity index (χ2n) is 7.12. The minimum atomic E-state index is -3.41. The molecule has 1 aliphatic rings. The quantitative estimate of drug-likeness (QED) is 0.513. The minimum absolute atomic E-state index is 0.213. The van der Waals surface area contributed by atoms with Crippen LogP contribution >= 0.6 is 12.2 Å². The molecule has 0 aromatic heterocycles. The normalized spacial score (nSPS) is 17.6. The van der Waals surface area contributed by atoms with Gasteiger partial charge in [0.15, 0.2) is 5.11 Å². The Morgan fingerprint density at radius 3 is 2.64 bits per heavy atom. The summed E-state index contributed by atoms with van der Waals surface area (Å²) in [6.07, 6.45) is 1.09. The van der Waals surface area contributed by atoms with Crippen molar-refractivity contribution in [2.75, 3.05) is 24.1 Å². The van der Waals surface area contributed by atoms with E-state index in [4.69, 9.17) is 17.0 Å². The van der Waals surface area contributed by atoms with Crippen molar-refractivity contribution in [1.82, 2.24) is 10.2 Å². The van der Waals surface area contributed by atoms with Gasteiger partial charge in [-0.2, -0.15) is 0 Å². The van der Waals surface area contributed by atoms with Crippen LogP contribution in [0.5, 0.6) is 0 Å². The van der Waals surface area contributed by atoms with E-state index < -0.39 is 22.0 Å². The summed E-state index contributed by atoms with van der Waals surface area (Å²) in [6.45, 7) is 8.66. The maximum absolute atomic E-state index is 12.9. The van der Waals surface area contributed by atoms with Gasteiger partial charge < -0.3 is 15.0 Å². The van der Waals surface area contributed by atoms with Gasteiger partial charge in [0.05, 0.1) is 24.5 Å². The SMILES string of the molecule is CCN1C(=S)N[C@@H](c2cccc(NS(C)(=O)=O)c2)C(C(=O)OCC(C)C)=C1C. The number of sulfonamides is 1. The van der Waals surface area contributed by atoms with Gasteiger partial charge in [-0.05, 0) is 49.7 Å². The Labute approximate surface area is 172 Å². The zero-order chi connectivity index (χ0) is 21.1. The molecule has 0 aliphatic carbocycles. The van der Waals surface area contributed by atoms with Crippen molar-refractivity contribution < 1.29 is 17.9 Å². The van der Waals surface area contributed by atoms with Gasteiger partial charge in [-0.3, -0.25) is 4.72 Å². The smallest absolute Gasteiger partial charge is 0.338 e. The number of nitrogens with zero attached hydrogens (tertiary/aromatic N) is 1. The summed E-state index contributed by atoms with van der Waals surface area (Å²) in [5.74, 6) is -0.198. The Hall–Kier alpha value is -2.13. The average Bonchev–Trinajstić information content (AvgIpc) is 2.58. The molecule has 0 radical (unpaired) electrons. The van der Waals surface area contributed by atoms with Gasteiger partial charge in [0.25, 0.3) is 0 Å². The topological polar surface area (TPSA) is 87.7 Å². The van der Waals surface area contributed by atoms with Crippen LogP contribution in [0.1, 0.15) is 39.3 Å². The number of ether oxygens (including phenoxy) is 1. The number of allylic oxidation sites excluding steroid dienone is 1. The molecule has 1 atom stereocenters. The summed E-state index contributed by atoms with van der Waals surface area (Å²) < 4.78 is 31.1. The standard InChI is InChI=1S/C19H27N3O4S2/c1-6-22-13(4)16(18(23)26-11-12(2)3)17(20-19(22)27)14-8-7-9-15(10-14)21-28(5,24)25/h7-10,12,17,21H,6,11H2,1-5H3,(H,20,27)/t17-/m0/s1. The van der Waals surface area contributed by atoms with Crippen LogP contribution in [0.25, 0.3) is 0 Å². The van der Waals surface area contributed by atoms with E-state index in [-0.39, 0.29) is 5.92 Å². The molecule has 154 valence electrons. The predicted molar refractivity (Wildman–Crippen MR) is 114 cm³/mol. The van der Waals surface area contributed by atoms with E-state index in [1.54, 1.807) is 18.2 Å². The number of carbonyl (C=O) groups is 1. The van der Waals surface area contributed by atoms with E-state index in [0.29, 0.717) is 35.1 Å². The van der Waals surface area contributed by atoms with E-state index in [2.05, 4.69) is 10.0 Å². The zero-order valence-electron chi connectivity index (χ0n) is 16.8. The summed E-state index contributed by atoms with van der Waals surface area (Å²) in [7, 11) is -3.41. The Morgan fingerprint density at radius 2 is 2.07 bits per heavy atom. The lowest BCUT2D eigenvalue weighted by atomic mass is 9.94. The van der Waals surface area contributed by atoms with Crippen LogP contribution in [-0.2, 0) is 19.6 Å². The summed E-state index contributed by atoms with van der Waals surface area (Å²) in [6, 6.07) is 6.35. The third-order valence-electron chi connectivity index (χ3n) is 4.20. The fourth-order valence-electron chi connectivity index (χ4n) is 2.99. The lowest BCUT2D eigenvalue weighted by molar-refractivity contribution is -0.140. The molecule has 0 saturated carbocycles. The number of nitrogens with one attached hydrogen (secondary N) is 2. The molecular formula is C19H27N3O4S2. The summed E-state index contributed by atoms with van der Waals surface area (Å²) >= 11 is 5.46. The van der Waals surface area contributed by atoms with Gasteiger partial charge in [0.2, 0.25) is 10.0 Å². The minimum Gasteiger partial charge on any atom is -0.462 e. The second-order valence-corrected chi connectivity index (χ2v) is 9.25. The van der Waals surface area contributed by atoms with Crippen LogP contribution in [-0.4, -0.2) is 43.8 Å². The van der Waals surface area contributed by atoms with Gasteiger partial charge in [-0.25, -0.2) is 13.2 Å². The first kappa shape index (κ1) is 22.2. The zero-order valence-corrected chi connectivity index (χ0v) is 18.4. The monoisotopic (exact) mass is 425 g/mol. The van der Waals surface area contributed by atoms with Gasteiger partial charge in [-0.15, -0.1) is 0 Å². The molecule has 2 N–H and O–H groups in total. The van der Waals surface area contributed by atoms with Crippen molar-refractivity contribution in [3.63, 3.8) is 0 Å². The maximum atomic E-state index is 12.9. The molecule has 0 fully saturated rings. The van der Waals surface area contributed by atoms with E-state index in [1.165, 1.54) is 0 Å². The van der Waals surface area contributed by atoms with Crippen LogP contribution in [0.3, 0.4) is 0 Å². The number of hydrogen-bond acceptors (Lipinski definition) is 5. The largest absolute Gasteiger partial charge is 0.462 e. The van der Waals surface area contributed by atoms with Gasteiger partial charge in [0.1, 0.15) is 0 Å². The van der Waals surface area contributed by atoms with Crippen molar-refractivity contribution in [1.29, 1.82) is 0 Å². The first-order valence-corrected chi connectivity index (χ1v) is 11.4. The van der Waals surface area contributed by atoms with E-state index in [0.717, 1.165) is 12.0 Å². The molecule has 0 unspecified atom stereocenters. The van der Waals surface area contributed by atoms with Gasteiger partial charge >= 0.3 is 5.97 Å². The van der Waals surface area contributed by atoms with Crippen LogP contribution in [0.2, 0.25) is 0 Å². The van der Waals surface area contributed by atoms with Crippen LogP contribution in [0.4, 0.5) is 5.69 Å². The Bertz CT molecular complexity index is 894. The Morgan fingerprint density at radius 1 is 1.39 bits per heavy atom. The van der Waals surface area contributed by atoms with Crippen LogP contribution in [0, 0.1) is 5.92 Å². The molecule has 1 heterocycles. The molecule has 0 saturated heterocycles. The molecule has 0 bridgehead atoms. The highest BCUT2D eigenvalue weighted by atomic mass is 32.2. The highest BCUT2D eigenvalue weighted by molar-refractivity contribution is 7.92. The second kappa shape index (κ2) is 8.91. The molecule has 1 aromatic carbocycles. The predicted octanol–water partition coefficient (Wildman–Crippen LogP) is 2.78. The first-order valence-electron chi connectivity index (χ1n) is 9.07. The third kappa shape index (κ3) is 5.45. The summed E-state index contributed by atoms with van der Waals surface area (Å²) in [5, 5.41) is 3.70. The highest BCUT2D eigenvalue weighted by Gasteiger charge is 2.34. The molecule has 1 aliphatic heterocycles. The van der Waals surface area contributed by atoms with Crippen molar-refractivity contribution in [2.24, 2.45) is 5.92 Å². The molecule has 28 heavy (non-hydrogen) atoms. The fraction of sp³-hybridized carbons (Fsp3) is 0.474. The van der Waals surface area contributed by atoms with Crippen LogP contribution < -0.4 is 10.0 Å². The average molecular weight is 426 g/mol. The van der Waals surface area contributed by atoms with E-state index in [9.17, 15) is 13.2 Å². The fourth-order valence-corrected chi connectivity index (χ4v) is 3.93. The molecule has 0 amide bonds. The number of hydrogen-bond donors (Lipinski definition) is 2. The van der Waals surface area contributed by atoms with E-state index >= 15 is 0 Å². The highest BCUT2D eigenvalue weighted by Crippen LogP contribution is 2.32. The Balaban J connectivity index is 2.48. The maximum Gasteiger partial charge on any atom is 0.338 e. The molecule has 9 heteroatoms. The number of esters is 1. The third-order valence-corrected chi connectivity index (χ3v) is 5.15. The van der Waals surface area contributed by atoms with Gasteiger partial charge in [0, 0.05) is 17.9 Å². The summed E-state index contributed by atoms with van der Waals surface area (Å²) in [4.78, 5) is 14.7. The van der Waals surface area contributed by atoms with Crippen molar-refractivity contribution in [3.05, 3.63) is 41.1 Å². The number of anilines is 1. The lowest BCUT2D eigenvalue weighted by Gasteiger charge is -2.37. The van der Waals surface area contributed by atoms with Gasteiger partial charge in [-0.1, -0.05) is 26.0 Å². The number of rotatable bonds is 7. The number of thiocarbonyl (C=S) groups is 1. The molecule has 1 aromatic rings. The van der Waals surface area contributed by atoms with E-state index in [1.807, 2.05) is 38.7 Å². The lowest BCUT2D eigenvalue weighted by Crippen LogP contribution is -2.47. The number of benzene rings is 1. The van der Waals surface area contributed by atoms with Crippen LogP contribution in [0.15, 0.2) is 35.5 Å². The number of carbonyl (C=O) groups excluding carboxylic acids is 1. The molecule has 2 rings (SSSR count). The molecular weight excluding hydrogens is 398 g/mol. The summed E-state index contributed by atoms with van der Waals surface area (Å²) in [5.41, 5.74) is 2.32. The van der Waals surface area contributed by atoms with Crippen molar-refractivity contribution in [2.45, 2.75) is 33.7 Å². The molecule has 0 spiro atoms. The Kier molecular flexibility index (Phi) is 7.06.